The number of ether oxygens (including phenoxy) is 1. The van der Waals surface area contributed by atoms with Crippen LogP contribution in [0.3, 0.4) is 0 Å². The summed E-state index contributed by atoms with van der Waals surface area (Å²) < 4.78 is 18.2. The molecule has 54 heavy (non-hydrogen) atoms. The summed E-state index contributed by atoms with van der Waals surface area (Å²) in [5.74, 6) is -4.48. The number of carboxylic acid groups (broad SMARTS) is 2. The number of aliphatic carboxylic acids is 2. The van der Waals surface area contributed by atoms with Crippen molar-refractivity contribution in [2.45, 2.75) is 54.4 Å². The van der Waals surface area contributed by atoms with Crippen molar-refractivity contribution in [3.8, 4) is 11.8 Å². The number of halogens is 2. The number of anilines is 1. The summed E-state index contributed by atoms with van der Waals surface area (Å²) in [5, 5.41) is 42.3. The minimum atomic E-state index is -2.93. The number of likely N-dealkylation sites (tertiary alicyclic amines) is 1. The van der Waals surface area contributed by atoms with Crippen LogP contribution >= 0.6 is 23.2 Å². The molecule has 3 N–H and O–H groups in total. The second kappa shape index (κ2) is 17.8. The van der Waals surface area contributed by atoms with Crippen LogP contribution < -0.4 is 9.64 Å². The van der Waals surface area contributed by atoms with E-state index in [0.29, 0.717) is 33.8 Å². The lowest BCUT2D eigenvalue weighted by Crippen LogP contribution is -2.47. The Balaban J connectivity index is 1.54. The van der Waals surface area contributed by atoms with Crippen molar-refractivity contribution in [1.82, 2.24) is 4.90 Å². The van der Waals surface area contributed by atoms with Crippen LogP contribution in [0.5, 0.6) is 5.75 Å². The highest BCUT2D eigenvalue weighted by atomic mass is 35.5. The molecule has 0 aliphatic carbocycles. The van der Waals surface area contributed by atoms with Crippen LogP contribution in [0.15, 0.2) is 77.7 Å². The van der Waals surface area contributed by atoms with Crippen molar-refractivity contribution in [3.05, 3.63) is 99.5 Å². The van der Waals surface area contributed by atoms with Crippen molar-refractivity contribution in [3.63, 3.8) is 0 Å². The summed E-state index contributed by atoms with van der Waals surface area (Å²) in [6, 6.07) is 23.7. The van der Waals surface area contributed by atoms with Gasteiger partial charge in [0, 0.05) is 29.0 Å². The Hall–Kier alpha value is -4.51. The maximum Gasteiger partial charge on any atom is 0.336 e. The van der Waals surface area contributed by atoms with E-state index in [1.54, 1.807) is 54.8 Å². The summed E-state index contributed by atoms with van der Waals surface area (Å²) in [5.41, 5.74) is -0.798. The molecule has 2 unspecified atom stereocenters. The number of aliphatic hydroxyl groups is 1. The molecule has 1 saturated heterocycles. The topological polar surface area (TPSA) is 168 Å². The zero-order chi connectivity index (χ0) is 39.2. The first-order chi connectivity index (χ1) is 25.8. The molecule has 5 rings (SSSR count). The number of rotatable bonds is 15. The molecule has 0 radical (unpaired) electrons. The summed E-state index contributed by atoms with van der Waals surface area (Å²) in [4.78, 5) is 42.9. The van der Waals surface area contributed by atoms with Crippen molar-refractivity contribution >= 4 is 68.3 Å². The SMILES string of the molecule is COc1c(C#N)cc2ccccc2c1N(C[C@@H](CCN1CCC(c2ccccc2S(C)=O)CC1)c1ccc(Cl)c(Cl)c1)C(=O)CC(O)(CC(=O)O)C(=O)O. The van der Waals surface area contributed by atoms with Gasteiger partial charge in [0.15, 0.2) is 11.4 Å². The number of methoxy groups -OCH3 is 1. The zero-order valence-corrected chi connectivity index (χ0v) is 32.2. The fourth-order valence-electron chi connectivity index (χ4n) is 7.23. The monoisotopic (exact) mass is 793 g/mol. The molecule has 3 atom stereocenters. The number of hydrogen-bond acceptors (Lipinski definition) is 8. The molecular weight excluding hydrogens is 753 g/mol. The highest BCUT2D eigenvalue weighted by Crippen LogP contribution is 2.42. The molecule has 14 heteroatoms. The van der Waals surface area contributed by atoms with Crippen LogP contribution in [0.25, 0.3) is 10.8 Å². The van der Waals surface area contributed by atoms with Gasteiger partial charge in [-0.1, -0.05) is 71.7 Å². The molecule has 1 amide bonds. The van der Waals surface area contributed by atoms with E-state index < -0.39 is 53.0 Å². The first kappa shape index (κ1) is 40.7. The first-order valence-electron chi connectivity index (χ1n) is 17.3. The van der Waals surface area contributed by atoms with Gasteiger partial charge in [0.25, 0.3) is 0 Å². The molecule has 11 nitrogen and oxygen atoms in total. The van der Waals surface area contributed by atoms with Crippen LogP contribution in [-0.4, -0.2) is 87.4 Å². The Morgan fingerprint density at radius 3 is 2.33 bits per heavy atom. The van der Waals surface area contributed by atoms with Crippen molar-refractivity contribution in [1.29, 1.82) is 5.26 Å². The fraction of sp³-hybridized carbons (Fsp3) is 0.350. The molecule has 0 saturated carbocycles. The number of benzene rings is 4. The number of carbonyl (C=O) groups is 3. The van der Waals surface area contributed by atoms with Crippen LogP contribution in [0, 0.1) is 11.3 Å². The van der Waals surface area contributed by atoms with Crippen molar-refractivity contribution in [2.24, 2.45) is 0 Å². The van der Waals surface area contributed by atoms with Gasteiger partial charge in [0.1, 0.15) is 6.07 Å². The van der Waals surface area contributed by atoms with E-state index in [0.717, 1.165) is 42.0 Å². The summed E-state index contributed by atoms with van der Waals surface area (Å²) in [6.07, 6.45) is 1.61. The lowest BCUT2D eigenvalue weighted by molar-refractivity contribution is -0.167. The first-order valence-corrected chi connectivity index (χ1v) is 19.6. The van der Waals surface area contributed by atoms with Gasteiger partial charge in [-0.3, -0.25) is 13.8 Å². The largest absolute Gasteiger partial charge is 0.493 e. The van der Waals surface area contributed by atoms with Gasteiger partial charge in [-0.25, -0.2) is 4.79 Å². The van der Waals surface area contributed by atoms with E-state index in [4.69, 9.17) is 27.9 Å². The van der Waals surface area contributed by atoms with Gasteiger partial charge < -0.3 is 29.9 Å². The third kappa shape index (κ3) is 9.22. The van der Waals surface area contributed by atoms with Crippen LogP contribution in [0.4, 0.5) is 5.69 Å². The Kier molecular flexibility index (Phi) is 13.4. The molecule has 1 fully saturated rings. The number of nitrogens with zero attached hydrogens (tertiary/aromatic N) is 3. The maximum atomic E-state index is 14.5. The van der Waals surface area contributed by atoms with E-state index in [9.17, 15) is 39.2 Å². The molecule has 0 spiro atoms. The van der Waals surface area contributed by atoms with Crippen LogP contribution in [0.2, 0.25) is 10.0 Å². The Morgan fingerprint density at radius 2 is 1.70 bits per heavy atom. The molecule has 0 bridgehead atoms. The average Bonchev–Trinajstić information content (AvgIpc) is 3.15. The lowest BCUT2D eigenvalue weighted by Gasteiger charge is -2.35. The van der Waals surface area contributed by atoms with E-state index in [2.05, 4.69) is 11.0 Å². The number of hydrogen-bond donors (Lipinski definition) is 3. The van der Waals surface area contributed by atoms with Gasteiger partial charge in [-0.2, -0.15) is 5.26 Å². The molecule has 1 aliphatic heterocycles. The van der Waals surface area contributed by atoms with Crippen molar-refractivity contribution in [2.75, 3.05) is 44.4 Å². The Labute approximate surface area is 326 Å². The highest BCUT2D eigenvalue weighted by molar-refractivity contribution is 7.84. The molecule has 4 aromatic carbocycles. The number of carboxylic acids is 2. The third-order valence-electron chi connectivity index (χ3n) is 10.0. The number of carbonyl (C=O) groups excluding carboxylic acids is 1. The molecule has 1 aliphatic rings. The highest BCUT2D eigenvalue weighted by Gasteiger charge is 2.43. The van der Waals surface area contributed by atoms with E-state index in [-0.39, 0.29) is 29.5 Å². The number of fused-ring (bicyclic) bond motifs is 1. The third-order valence-corrected chi connectivity index (χ3v) is 11.8. The Morgan fingerprint density at radius 1 is 1.02 bits per heavy atom. The quantitative estimate of drug-likeness (QED) is 0.116. The summed E-state index contributed by atoms with van der Waals surface area (Å²) in [7, 11) is 0.246. The minimum absolute atomic E-state index is 0.0601. The average molecular weight is 795 g/mol. The number of piperidine rings is 1. The molecule has 1 heterocycles. The summed E-state index contributed by atoms with van der Waals surface area (Å²) in [6.45, 7) is 2.07. The Bertz CT molecular complexity index is 2120. The fourth-order valence-corrected chi connectivity index (χ4v) is 8.37. The van der Waals surface area contributed by atoms with Gasteiger partial charge in [0.2, 0.25) is 5.91 Å². The number of amides is 1. The minimum Gasteiger partial charge on any atom is -0.493 e. The van der Waals surface area contributed by atoms with E-state index >= 15 is 0 Å². The van der Waals surface area contributed by atoms with E-state index in [1.807, 2.05) is 24.3 Å². The molecule has 4 aromatic rings. The van der Waals surface area contributed by atoms with Gasteiger partial charge >= 0.3 is 11.9 Å². The van der Waals surface area contributed by atoms with Gasteiger partial charge in [0.05, 0.1) is 52.0 Å². The van der Waals surface area contributed by atoms with E-state index in [1.165, 1.54) is 12.0 Å². The van der Waals surface area contributed by atoms with Crippen LogP contribution in [0.1, 0.15) is 60.6 Å². The standard InChI is InChI=1S/C40H41Cl2N3O8S/c1-53-38-29(23-43)19-27-7-3-4-9-31(27)37(38)45(35(46)21-40(51,39(49)50)22-36(47)48)24-28(26-11-12-32(41)33(42)20-26)15-18-44-16-13-25(14-17-44)30-8-5-6-10-34(30)54(2)52/h3-12,19-20,25,28,51H,13-18,21-22,24H2,1-2H3,(H,47,48)(H,49,50)/t28-,40?,54?/m1/s1. The predicted molar refractivity (Wildman–Crippen MR) is 208 cm³/mol. The maximum absolute atomic E-state index is 14.5. The normalized spacial score (nSPS) is 15.9. The molecule has 284 valence electrons. The second-order valence-corrected chi connectivity index (χ2v) is 15.7. The van der Waals surface area contributed by atoms with Gasteiger partial charge in [-0.15, -0.1) is 0 Å². The number of nitriles is 1. The second-order valence-electron chi connectivity index (χ2n) is 13.5. The smallest absolute Gasteiger partial charge is 0.336 e. The predicted octanol–water partition coefficient (Wildman–Crippen LogP) is 6.83. The zero-order valence-electron chi connectivity index (χ0n) is 29.8. The van der Waals surface area contributed by atoms with Crippen molar-refractivity contribution < 1.29 is 38.6 Å². The van der Waals surface area contributed by atoms with Crippen LogP contribution in [-0.2, 0) is 25.2 Å². The van der Waals surface area contributed by atoms with Gasteiger partial charge in [-0.05, 0) is 85.6 Å². The molecular formula is C40H41Cl2N3O8S. The molecule has 0 aromatic heterocycles. The lowest BCUT2D eigenvalue weighted by atomic mass is 9.88. The summed E-state index contributed by atoms with van der Waals surface area (Å²) >= 11 is 12.8.